The first-order valence-electron chi connectivity index (χ1n) is 10.1. The van der Waals surface area contributed by atoms with Gasteiger partial charge in [-0.3, -0.25) is 0 Å². The number of guanidine groups is 1. The second kappa shape index (κ2) is 11.5. The van der Waals surface area contributed by atoms with Crippen molar-refractivity contribution in [2.24, 2.45) is 4.99 Å². The Bertz CT molecular complexity index is 818. The lowest BCUT2D eigenvalue weighted by Crippen LogP contribution is -2.44. The third-order valence-corrected chi connectivity index (χ3v) is 4.80. The summed E-state index contributed by atoms with van der Waals surface area (Å²) >= 11 is 0. The molecule has 1 saturated heterocycles. The summed E-state index contributed by atoms with van der Waals surface area (Å²) in [5.74, 6) is 2.88. The molecule has 0 aromatic carbocycles. The minimum Gasteiger partial charge on any atom is -0.463 e. The average Bonchev–Trinajstić information content (AvgIpc) is 3.18. The number of aliphatic hydroxyl groups is 1. The largest absolute Gasteiger partial charge is 0.463 e. The van der Waals surface area contributed by atoms with Crippen molar-refractivity contribution in [2.45, 2.75) is 32.9 Å². The molecular weight excluding hydrogens is 497 g/mol. The first-order valence-corrected chi connectivity index (χ1v) is 10.1. The Kier molecular flexibility index (Phi) is 9.37. The highest BCUT2D eigenvalue weighted by Crippen LogP contribution is 2.22. The predicted octanol–water partition coefficient (Wildman–Crippen LogP) is 2.40. The number of ether oxygens (including phenoxy) is 1. The van der Waals surface area contributed by atoms with Crippen LogP contribution >= 0.6 is 24.0 Å². The summed E-state index contributed by atoms with van der Waals surface area (Å²) in [6, 6.07) is 7.62. The van der Waals surface area contributed by atoms with Crippen molar-refractivity contribution >= 4 is 35.8 Å². The number of hydrogen-bond donors (Lipinski definition) is 3. The first kappa shape index (κ1) is 24.4. The molecule has 2 aromatic rings. The van der Waals surface area contributed by atoms with E-state index < -0.39 is 5.60 Å². The molecule has 0 radical (unpaired) electrons. The molecule has 0 bridgehead atoms. The Morgan fingerprint density at radius 1 is 1.27 bits per heavy atom. The maximum absolute atomic E-state index is 10.7. The third kappa shape index (κ3) is 6.58. The predicted molar refractivity (Wildman–Crippen MR) is 129 cm³/mol. The third-order valence-electron chi connectivity index (χ3n) is 4.80. The number of furan rings is 1. The molecule has 1 fully saturated rings. The number of morpholine rings is 1. The van der Waals surface area contributed by atoms with Gasteiger partial charge in [-0.1, -0.05) is 6.07 Å². The summed E-state index contributed by atoms with van der Waals surface area (Å²) in [4.78, 5) is 11.5. The topological polar surface area (TPSA) is 95.2 Å². The lowest BCUT2D eigenvalue weighted by Gasteiger charge is -2.29. The zero-order valence-corrected chi connectivity index (χ0v) is 20.2. The molecule has 1 unspecified atom stereocenters. The fraction of sp³-hybridized carbons (Fsp3) is 0.524. The number of aliphatic imine (C=N–C) groups is 1. The van der Waals surface area contributed by atoms with Gasteiger partial charge in [0.2, 0.25) is 0 Å². The van der Waals surface area contributed by atoms with Crippen molar-refractivity contribution in [3.05, 3.63) is 47.5 Å². The van der Waals surface area contributed by atoms with E-state index in [0.717, 1.165) is 36.8 Å². The van der Waals surface area contributed by atoms with Crippen LogP contribution in [-0.4, -0.2) is 55.4 Å². The molecule has 8 nitrogen and oxygen atoms in total. The molecule has 166 valence electrons. The highest BCUT2D eigenvalue weighted by molar-refractivity contribution is 14.0. The number of rotatable bonds is 7. The summed E-state index contributed by atoms with van der Waals surface area (Å²) < 4.78 is 11.0. The summed E-state index contributed by atoms with van der Waals surface area (Å²) in [5.41, 5.74) is -0.0856. The van der Waals surface area contributed by atoms with E-state index in [0.29, 0.717) is 31.5 Å². The number of nitrogens with one attached hydrogen (secondary N) is 2. The molecule has 0 spiro atoms. The van der Waals surface area contributed by atoms with Gasteiger partial charge in [-0.15, -0.1) is 24.0 Å². The van der Waals surface area contributed by atoms with Crippen molar-refractivity contribution in [3.63, 3.8) is 0 Å². The minimum atomic E-state index is -1.14. The number of hydrogen-bond acceptors (Lipinski definition) is 6. The summed E-state index contributed by atoms with van der Waals surface area (Å²) in [6.07, 6.45) is 1.81. The van der Waals surface area contributed by atoms with E-state index in [9.17, 15) is 5.11 Å². The Morgan fingerprint density at radius 3 is 2.70 bits per heavy atom. The number of aromatic nitrogens is 1. The Balaban J connectivity index is 0.00000320. The summed E-state index contributed by atoms with van der Waals surface area (Å²) in [7, 11) is 0. The van der Waals surface area contributed by atoms with Crippen LogP contribution in [0.2, 0.25) is 0 Å². The fourth-order valence-electron chi connectivity index (χ4n) is 3.19. The summed E-state index contributed by atoms with van der Waals surface area (Å²) in [6.45, 7) is 10.2. The molecule has 0 amide bonds. The van der Waals surface area contributed by atoms with Crippen LogP contribution in [0, 0.1) is 6.92 Å². The molecule has 1 atom stereocenters. The van der Waals surface area contributed by atoms with Crippen molar-refractivity contribution in [2.75, 3.05) is 44.3 Å². The van der Waals surface area contributed by atoms with Gasteiger partial charge in [-0.25, -0.2) is 9.98 Å². The van der Waals surface area contributed by atoms with Crippen LogP contribution in [0.25, 0.3) is 0 Å². The molecule has 1 aliphatic rings. The lowest BCUT2D eigenvalue weighted by molar-refractivity contribution is 0.0378. The van der Waals surface area contributed by atoms with Gasteiger partial charge in [-0.2, -0.15) is 0 Å². The molecule has 3 rings (SSSR count). The summed E-state index contributed by atoms with van der Waals surface area (Å²) in [5, 5.41) is 17.2. The highest BCUT2D eigenvalue weighted by Gasteiger charge is 2.27. The molecular formula is C21H32IN5O3. The maximum Gasteiger partial charge on any atom is 0.191 e. The van der Waals surface area contributed by atoms with Gasteiger partial charge < -0.3 is 29.8 Å². The molecule has 9 heteroatoms. The highest BCUT2D eigenvalue weighted by atomic mass is 127. The molecule has 3 N–H and O–H groups in total. The van der Waals surface area contributed by atoms with E-state index in [2.05, 4.69) is 20.5 Å². The fourth-order valence-corrected chi connectivity index (χ4v) is 3.19. The smallest absolute Gasteiger partial charge is 0.191 e. The molecule has 0 saturated carbocycles. The number of anilines is 1. The van der Waals surface area contributed by atoms with Gasteiger partial charge in [0.25, 0.3) is 0 Å². The molecule has 0 aliphatic carbocycles. The van der Waals surface area contributed by atoms with E-state index in [1.54, 1.807) is 13.0 Å². The van der Waals surface area contributed by atoms with Gasteiger partial charge in [0.05, 0.1) is 26.3 Å². The van der Waals surface area contributed by atoms with E-state index in [1.807, 2.05) is 38.2 Å². The van der Waals surface area contributed by atoms with E-state index >= 15 is 0 Å². The Hall–Kier alpha value is -1.85. The van der Waals surface area contributed by atoms with Crippen LogP contribution in [0.5, 0.6) is 0 Å². The van der Waals surface area contributed by atoms with E-state index in [4.69, 9.17) is 14.1 Å². The zero-order valence-electron chi connectivity index (χ0n) is 17.9. The average molecular weight is 529 g/mol. The number of aryl methyl sites for hydroxylation is 1. The maximum atomic E-state index is 10.7. The standard InChI is InChI=1S/C21H31N5O3.HI/c1-4-22-20(25-15-21(3,27)18-8-7-16(2)29-18)24-14-17-6-5-9-23-19(17)26-10-12-28-13-11-26;/h5-9,27H,4,10-15H2,1-3H3,(H2,22,24,25);1H. The molecule has 30 heavy (non-hydrogen) atoms. The SMILES string of the molecule is CCNC(=NCc1cccnc1N1CCOCC1)NCC(C)(O)c1ccc(C)o1.I. The zero-order chi connectivity index (χ0) is 20.7. The molecule has 3 heterocycles. The second-order valence-corrected chi connectivity index (χ2v) is 7.32. The Morgan fingerprint density at radius 2 is 2.03 bits per heavy atom. The van der Waals surface area contributed by atoms with Crippen LogP contribution in [0.15, 0.2) is 39.9 Å². The van der Waals surface area contributed by atoms with E-state index in [1.165, 1.54) is 0 Å². The quantitative estimate of drug-likeness (QED) is 0.288. The van der Waals surface area contributed by atoms with Gasteiger partial charge in [0.1, 0.15) is 22.9 Å². The van der Waals surface area contributed by atoms with E-state index in [-0.39, 0.29) is 30.5 Å². The molecule has 1 aliphatic heterocycles. The van der Waals surface area contributed by atoms with Gasteiger partial charge in [0, 0.05) is 31.4 Å². The van der Waals surface area contributed by atoms with Crippen molar-refractivity contribution in [1.29, 1.82) is 0 Å². The van der Waals surface area contributed by atoms with Crippen molar-refractivity contribution in [1.82, 2.24) is 15.6 Å². The van der Waals surface area contributed by atoms with Crippen LogP contribution in [0.1, 0.15) is 30.9 Å². The van der Waals surface area contributed by atoms with Crippen molar-refractivity contribution in [3.8, 4) is 0 Å². The number of nitrogens with zero attached hydrogens (tertiary/aromatic N) is 3. The van der Waals surface area contributed by atoms with Gasteiger partial charge in [-0.05, 0) is 39.0 Å². The minimum absolute atomic E-state index is 0. The van der Waals surface area contributed by atoms with Gasteiger partial charge in [0.15, 0.2) is 5.96 Å². The van der Waals surface area contributed by atoms with Crippen LogP contribution in [0.3, 0.4) is 0 Å². The Labute approximate surface area is 195 Å². The monoisotopic (exact) mass is 529 g/mol. The van der Waals surface area contributed by atoms with Crippen LogP contribution in [0.4, 0.5) is 5.82 Å². The van der Waals surface area contributed by atoms with Gasteiger partial charge >= 0.3 is 0 Å². The second-order valence-electron chi connectivity index (χ2n) is 7.32. The van der Waals surface area contributed by atoms with Crippen molar-refractivity contribution < 1.29 is 14.3 Å². The number of halogens is 1. The van der Waals surface area contributed by atoms with Crippen LogP contribution < -0.4 is 15.5 Å². The van der Waals surface area contributed by atoms with Crippen LogP contribution in [-0.2, 0) is 16.9 Å². The molecule has 2 aromatic heterocycles. The lowest BCUT2D eigenvalue weighted by atomic mass is 10.0. The normalized spacial score (nSPS) is 16.5. The number of pyridine rings is 1. The first-order chi connectivity index (χ1) is 14.0.